The van der Waals surface area contributed by atoms with Crippen molar-refractivity contribution >= 4 is 37.8 Å². The number of halogens is 2. The molecule has 0 unspecified atom stereocenters. The maximum atomic E-state index is 11.0. The third-order valence-electron chi connectivity index (χ3n) is 1.21. The molecule has 6 heteroatoms. The highest BCUT2D eigenvalue weighted by Gasteiger charge is 2.15. The molecule has 4 nitrogen and oxygen atoms in total. The summed E-state index contributed by atoms with van der Waals surface area (Å²) in [5.74, 6) is 0.229. The van der Waals surface area contributed by atoms with Gasteiger partial charge in [-0.2, -0.15) is 0 Å². The monoisotopic (exact) mass is 296 g/mol. The highest BCUT2D eigenvalue weighted by molar-refractivity contribution is 9.10. The predicted octanol–water partition coefficient (Wildman–Crippen LogP) is 1.85. The number of alkyl halides is 1. The van der Waals surface area contributed by atoms with Crippen LogP contribution in [0.1, 0.15) is 16.3 Å². The Labute approximate surface area is 86.0 Å². The molecule has 1 N–H and O–H groups in total. The van der Waals surface area contributed by atoms with E-state index in [-0.39, 0.29) is 5.69 Å². The van der Waals surface area contributed by atoms with Crippen molar-refractivity contribution in [1.29, 1.82) is 0 Å². The number of nitrogens with zero attached hydrogens (tertiary/aromatic N) is 1. The molecule has 1 rings (SSSR count). The molecule has 0 amide bonds. The third-order valence-corrected chi connectivity index (χ3v) is 2.32. The topological polar surface area (TPSA) is 55.0 Å². The molecular formula is C6H6Br2N2O2. The quantitative estimate of drug-likeness (QED) is 0.669. The minimum atomic E-state index is -0.453. The summed E-state index contributed by atoms with van der Waals surface area (Å²) in [5.41, 5.74) is 0.270. The van der Waals surface area contributed by atoms with Gasteiger partial charge < -0.3 is 9.72 Å². The second kappa shape index (κ2) is 4.04. The Morgan fingerprint density at radius 3 is 2.83 bits per heavy atom. The van der Waals surface area contributed by atoms with Gasteiger partial charge in [-0.3, -0.25) is 0 Å². The second-order valence-corrected chi connectivity index (χ2v) is 3.33. The zero-order valence-electron chi connectivity index (χ0n) is 6.23. The first-order chi connectivity index (χ1) is 5.69. The van der Waals surface area contributed by atoms with E-state index >= 15 is 0 Å². The van der Waals surface area contributed by atoms with E-state index in [4.69, 9.17) is 0 Å². The normalized spacial score (nSPS) is 9.92. The number of esters is 1. The first-order valence-electron chi connectivity index (χ1n) is 3.07. The standard InChI is InChI=1S/C6H6Br2N2O2/c1-12-6(11)4-5(8)10-3(2-7)9-4/h2H2,1H3,(H,9,10). The van der Waals surface area contributed by atoms with Crippen molar-refractivity contribution in [2.75, 3.05) is 7.11 Å². The summed E-state index contributed by atoms with van der Waals surface area (Å²) >= 11 is 6.37. The van der Waals surface area contributed by atoms with Gasteiger partial charge in [0.2, 0.25) is 0 Å². The van der Waals surface area contributed by atoms with Crippen LogP contribution in [0.2, 0.25) is 0 Å². The van der Waals surface area contributed by atoms with Crippen molar-refractivity contribution < 1.29 is 9.53 Å². The minimum Gasteiger partial charge on any atom is -0.464 e. The van der Waals surface area contributed by atoms with Gasteiger partial charge in [0.05, 0.1) is 12.4 Å². The molecular weight excluding hydrogens is 292 g/mol. The summed E-state index contributed by atoms with van der Waals surface area (Å²) in [7, 11) is 1.32. The molecule has 0 aromatic carbocycles. The average Bonchev–Trinajstić information content (AvgIpc) is 2.45. The molecule has 66 valence electrons. The van der Waals surface area contributed by atoms with E-state index in [1.807, 2.05) is 0 Å². The van der Waals surface area contributed by atoms with Crippen molar-refractivity contribution in [1.82, 2.24) is 9.97 Å². The van der Waals surface area contributed by atoms with Crippen LogP contribution in [0.5, 0.6) is 0 Å². The van der Waals surface area contributed by atoms with E-state index in [1.54, 1.807) is 0 Å². The molecule has 1 aromatic heterocycles. The summed E-state index contributed by atoms with van der Waals surface area (Å²) < 4.78 is 5.05. The van der Waals surface area contributed by atoms with E-state index in [9.17, 15) is 4.79 Å². The van der Waals surface area contributed by atoms with Crippen LogP contribution in [0.15, 0.2) is 4.60 Å². The lowest BCUT2D eigenvalue weighted by molar-refractivity contribution is 0.0593. The lowest BCUT2D eigenvalue weighted by Gasteiger charge is -1.92. The molecule has 12 heavy (non-hydrogen) atoms. The molecule has 0 bridgehead atoms. The van der Waals surface area contributed by atoms with Gasteiger partial charge >= 0.3 is 5.97 Å². The summed E-state index contributed by atoms with van der Waals surface area (Å²) in [4.78, 5) is 17.9. The number of hydrogen-bond acceptors (Lipinski definition) is 3. The second-order valence-electron chi connectivity index (χ2n) is 1.97. The first-order valence-corrected chi connectivity index (χ1v) is 4.99. The fourth-order valence-corrected chi connectivity index (χ4v) is 1.44. The summed E-state index contributed by atoms with van der Waals surface area (Å²) in [6.45, 7) is 0. The van der Waals surface area contributed by atoms with Crippen LogP contribution in [-0.2, 0) is 10.1 Å². The third kappa shape index (κ3) is 1.87. The van der Waals surface area contributed by atoms with Crippen LogP contribution in [0.3, 0.4) is 0 Å². The lowest BCUT2D eigenvalue weighted by Crippen LogP contribution is -2.02. The smallest absolute Gasteiger partial charge is 0.359 e. The lowest BCUT2D eigenvalue weighted by atomic mass is 10.5. The van der Waals surface area contributed by atoms with Crippen molar-refractivity contribution in [3.05, 3.63) is 16.1 Å². The molecule has 0 spiro atoms. The zero-order chi connectivity index (χ0) is 9.14. The molecule has 0 fully saturated rings. The Kier molecular flexibility index (Phi) is 3.28. The summed E-state index contributed by atoms with van der Waals surface area (Å²) in [6, 6.07) is 0. The minimum absolute atomic E-state index is 0.270. The maximum Gasteiger partial charge on any atom is 0.359 e. The number of rotatable bonds is 2. The molecule has 0 aliphatic rings. The number of hydrogen-bond donors (Lipinski definition) is 1. The molecule has 0 aliphatic carbocycles. The van der Waals surface area contributed by atoms with Crippen LogP contribution in [0.4, 0.5) is 0 Å². The van der Waals surface area contributed by atoms with Crippen molar-refractivity contribution in [3.63, 3.8) is 0 Å². The Morgan fingerprint density at radius 2 is 2.42 bits per heavy atom. The molecule has 1 aromatic rings. The SMILES string of the molecule is COC(=O)c1nc(CBr)[nH]c1Br. The zero-order valence-corrected chi connectivity index (χ0v) is 9.40. The summed E-state index contributed by atoms with van der Waals surface area (Å²) in [5, 5.41) is 0.572. The number of aromatic nitrogens is 2. The van der Waals surface area contributed by atoms with Crippen LogP contribution < -0.4 is 0 Å². The Morgan fingerprint density at radius 1 is 1.75 bits per heavy atom. The largest absolute Gasteiger partial charge is 0.464 e. The van der Waals surface area contributed by atoms with Gasteiger partial charge in [-0.05, 0) is 15.9 Å². The van der Waals surface area contributed by atoms with Gasteiger partial charge in [0.25, 0.3) is 0 Å². The first kappa shape index (κ1) is 9.73. The number of H-pyrrole nitrogens is 1. The number of nitrogens with one attached hydrogen (secondary N) is 1. The van der Waals surface area contributed by atoms with E-state index in [1.165, 1.54) is 7.11 Å². The van der Waals surface area contributed by atoms with E-state index < -0.39 is 5.97 Å². The van der Waals surface area contributed by atoms with E-state index in [2.05, 4.69) is 46.6 Å². The van der Waals surface area contributed by atoms with Gasteiger partial charge in [0.1, 0.15) is 10.4 Å². The number of methoxy groups -OCH3 is 1. The van der Waals surface area contributed by atoms with Crippen LogP contribution in [0.25, 0.3) is 0 Å². The number of aromatic amines is 1. The molecule has 1 heterocycles. The van der Waals surface area contributed by atoms with Gasteiger partial charge in [-0.1, -0.05) is 15.9 Å². The van der Waals surface area contributed by atoms with Gasteiger partial charge in [-0.25, -0.2) is 9.78 Å². The molecule has 0 saturated heterocycles. The Balaban J connectivity index is 2.99. The predicted molar refractivity (Wildman–Crippen MR) is 50.3 cm³/mol. The highest BCUT2D eigenvalue weighted by Crippen LogP contribution is 2.15. The fraction of sp³-hybridized carbons (Fsp3) is 0.333. The van der Waals surface area contributed by atoms with Gasteiger partial charge in [0.15, 0.2) is 5.69 Å². The highest BCUT2D eigenvalue weighted by atomic mass is 79.9. The molecule has 0 aliphatic heterocycles. The van der Waals surface area contributed by atoms with Crippen molar-refractivity contribution in [2.24, 2.45) is 0 Å². The Hall–Kier alpha value is -0.360. The summed E-state index contributed by atoms with van der Waals surface area (Å²) in [6.07, 6.45) is 0. The van der Waals surface area contributed by atoms with E-state index in [0.29, 0.717) is 15.8 Å². The van der Waals surface area contributed by atoms with Crippen LogP contribution in [-0.4, -0.2) is 23.0 Å². The van der Waals surface area contributed by atoms with Crippen molar-refractivity contribution in [3.8, 4) is 0 Å². The number of ether oxygens (including phenoxy) is 1. The van der Waals surface area contributed by atoms with E-state index in [0.717, 1.165) is 0 Å². The fourth-order valence-electron chi connectivity index (χ4n) is 0.693. The maximum absolute atomic E-state index is 11.0. The average molecular weight is 298 g/mol. The molecule has 0 radical (unpaired) electrons. The molecule has 0 saturated carbocycles. The molecule has 0 atom stereocenters. The van der Waals surface area contributed by atoms with Crippen LogP contribution in [0, 0.1) is 0 Å². The van der Waals surface area contributed by atoms with Crippen molar-refractivity contribution in [2.45, 2.75) is 5.33 Å². The number of imidazole rings is 1. The van der Waals surface area contributed by atoms with Crippen LogP contribution >= 0.6 is 31.9 Å². The van der Waals surface area contributed by atoms with Gasteiger partial charge in [-0.15, -0.1) is 0 Å². The van der Waals surface area contributed by atoms with Gasteiger partial charge in [0, 0.05) is 0 Å². The Bertz CT molecular complexity index is 298. The number of carbonyl (C=O) groups excluding carboxylic acids is 1. The number of carbonyl (C=O) groups is 1.